The van der Waals surface area contributed by atoms with Crippen molar-refractivity contribution in [1.29, 1.82) is 0 Å². The van der Waals surface area contributed by atoms with Gasteiger partial charge in [-0.05, 0) is 19.1 Å². The van der Waals surface area contributed by atoms with Crippen LogP contribution in [0.25, 0.3) is 0 Å². The molecule has 1 aromatic carbocycles. The molecule has 0 saturated carbocycles. The van der Waals surface area contributed by atoms with Crippen molar-refractivity contribution >= 4 is 15.7 Å². The van der Waals surface area contributed by atoms with Crippen LogP contribution in [0.15, 0.2) is 30.3 Å². The fourth-order valence-corrected chi connectivity index (χ4v) is 4.18. The Balaban J connectivity index is 2.24. The SMILES string of the molecule is CCN(C(=O)c1ccccc1)C1CS(=O)(=O)CC1O. The van der Waals surface area contributed by atoms with Crippen LogP contribution in [0.4, 0.5) is 0 Å². The summed E-state index contributed by atoms with van der Waals surface area (Å²) >= 11 is 0. The van der Waals surface area contributed by atoms with Gasteiger partial charge >= 0.3 is 0 Å². The number of aliphatic hydroxyl groups is 1. The summed E-state index contributed by atoms with van der Waals surface area (Å²) < 4.78 is 23.1. The molecule has 2 atom stereocenters. The Bertz CT molecular complexity index is 555. The van der Waals surface area contributed by atoms with Gasteiger partial charge in [-0.25, -0.2) is 8.42 Å². The van der Waals surface area contributed by atoms with Crippen molar-refractivity contribution in [3.8, 4) is 0 Å². The number of carbonyl (C=O) groups excluding carboxylic acids is 1. The second kappa shape index (κ2) is 5.30. The normalized spacial score (nSPS) is 25.2. The molecule has 1 amide bonds. The lowest BCUT2D eigenvalue weighted by Crippen LogP contribution is -2.46. The molecule has 6 heteroatoms. The lowest BCUT2D eigenvalue weighted by molar-refractivity contribution is 0.0520. The first kappa shape index (κ1) is 14.0. The lowest BCUT2D eigenvalue weighted by Gasteiger charge is -2.29. The number of likely N-dealkylation sites (N-methyl/N-ethyl adjacent to an activating group) is 1. The van der Waals surface area contributed by atoms with E-state index >= 15 is 0 Å². The van der Waals surface area contributed by atoms with Gasteiger partial charge in [-0.2, -0.15) is 0 Å². The molecule has 0 aromatic heterocycles. The average Bonchev–Trinajstić information content (AvgIpc) is 2.65. The molecule has 1 fully saturated rings. The molecule has 0 aliphatic carbocycles. The zero-order chi connectivity index (χ0) is 14.0. The Morgan fingerprint density at radius 3 is 2.42 bits per heavy atom. The van der Waals surface area contributed by atoms with Gasteiger partial charge in [0.2, 0.25) is 0 Å². The van der Waals surface area contributed by atoms with Crippen molar-refractivity contribution in [2.24, 2.45) is 0 Å². The Morgan fingerprint density at radius 2 is 1.95 bits per heavy atom. The minimum atomic E-state index is -3.26. The maximum absolute atomic E-state index is 12.3. The molecule has 1 aromatic rings. The van der Waals surface area contributed by atoms with Crippen LogP contribution in [0.3, 0.4) is 0 Å². The lowest BCUT2D eigenvalue weighted by atomic mass is 10.1. The minimum absolute atomic E-state index is 0.166. The highest BCUT2D eigenvalue weighted by molar-refractivity contribution is 7.91. The van der Waals surface area contributed by atoms with Crippen LogP contribution in [0.2, 0.25) is 0 Å². The molecule has 1 saturated heterocycles. The highest BCUT2D eigenvalue weighted by atomic mass is 32.2. The van der Waals surface area contributed by atoms with Gasteiger partial charge in [0.1, 0.15) is 0 Å². The Labute approximate surface area is 112 Å². The van der Waals surface area contributed by atoms with Gasteiger partial charge in [-0.15, -0.1) is 0 Å². The molecular weight excluding hydrogens is 266 g/mol. The largest absolute Gasteiger partial charge is 0.390 e. The summed E-state index contributed by atoms with van der Waals surface area (Å²) in [7, 11) is -3.26. The number of benzene rings is 1. The number of nitrogens with zero attached hydrogens (tertiary/aromatic N) is 1. The summed E-state index contributed by atoms with van der Waals surface area (Å²) in [6.45, 7) is 2.14. The predicted molar refractivity (Wildman–Crippen MR) is 71.6 cm³/mol. The molecule has 0 spiro atoms. The van der Waals surface area contributed by atoms with E-state index in [1.807, 2.05) is 6.07 Å². The number of hydrogen-bond acceptors (Lipinski definition) is 4. The minimum Gasteiger partial charge on any atom is -0.390 e. The third-order valence-corrected chi connectivity index (χ3v) is 5.01. The molecule has 1 aliphatic heterocycles. The van der Waals surface area contributed by atoms with E-state index in [1.54, 1.807) is 31.2 Å². The smallest absolute Gasteiger partial charge is 0.254 e. The third kappa shape index (κ3) is 2.96. The van der Waals surface area contributed by atoms with E-state index in [0.29, 0.717) is 12.1 Å². The number of rotatable bonds is 3. The Morgan fingerprint density at radius 1 is 1.32 bits per heavy atom. The third-order valence-electron chi connectivity index (χ3n) is 3.32. The van der Waals surface area contributed by atoms with Gasteiger partial charge in [-0.3, -0.25) is 4.79 Å². The van der Waals surface area contributed by atoms with Crippen LogP contribution in [-0.2, 0) is 9.84 Å². The molecule has 2 rings (SSSR count). The van der Waals surface area contributed by atoms with Crippen molar-refractivity contribution < 1.29 is 18.3 Å². The second-order valence-corrected chi connectivity index (χ2v) is 6.82. The van der Waals surface area contributed by atoms with Crippen LogP contribution < -0.4 is 0 Å². The van der Waals surface area contributed by atoms with Crippen LogP contribution in [0, 0.1) is 0 Å². The number of sulfone groups is 1. The van der Waals surface area contributed by atoms with E-state index in [1.165, 1.54) is 4.90 Å². The summed E-state index contributed by atoms with van der Waals surface area (Å²) in [6, 6.07) is 8.03. The van der Waals surface area contributed by atoms with Crippen molar-refractivity contribution in [1.82, 2.24) is 4.90 Å². The van der Waals surface area contributed by atoms with E-state index in [0.717, 1.165) is 0 Å². The van der Waals surface area contributed by atoms with Crippen molar-refractivity contribution in [2.45, 2.75) is 19.1 Å². The van der Waals surface area contributed by atoms with Crippen molar-refractivity contribution in [3.63, 3.8) is 0 Å². The van der Waals surface area contributed by atoms with E-state index < -0.39 is 22.0 Å². The predicted octanol–water partition coefficient (Wildman–Crippen LogP) is 0.307. The van der Waals surface area contributed by atoms with Crippen LogP contribution in [-0.4, -0.2) is 54.5 Å². The number of amides is 1. The summed E-state index contributed by atoms with van der Waals surface area (Å²) in [5, 5.41) is 9.85. The van der Waals surface area contributed by atoms with E-state index in [-0.39, 0.29) is 17.4 Å². The molecule has 1 heterocycles. The monoisotopic (exact) mass is 283 g/mol. The maximum atomic E-state index is 12.3. The van der Waals surface area contributed by atoms with Gasteiger partial charge in [0, 0.05) is 12.1 Å². The first-order chi connectivity index (χ1) is 8.94. The molecule has 2 unspecified atom stereocenters. The topological polar surface area (TPSA) is 74.7 Å². The number of aliphatic hydroxyl groups excluding tert-OH is 1. The zero-order valence-electron chi connectivity index (χ0n) is 10.7. The van der Waals surface area contributed by atoms with Gasteiger partial charge in [0.25, 0.3) is 5.91 Å². The van der Waals surface area contributed by atoms with E-state index in [9.17, 15) is 18.3 Å². The first-order valence-electron chi connectivity index (χ1n) is 6.19. The quantitative estimate of drug-likeness (QED) is 0.866. The summed E-state index contributed by atoms with van der Waals surface area (Å²) in [5.41, 5.74) is 0.501. The summed E-state index contributed by atoms with van der Waals surface area (Å²) in [6.07, 6.45) is -1.00. The van der Waals surface area contributed by atoms with E-state index in [4.69, 9.17) is 0 Å². The summed E-state index contributed by atoms with van der Waals surface area (Å²) in [4.78, 5) is 13.8. The zero-order valence-corrected chi connectivity index (χ0v) is 11.5. The van der Waals surface area contributed by atoms with Crippen molar-refractivity contribution in [2.75, 3.05) is 18.1 Å². The Hall–Kier alpha value is -1.40. The number of carbonyl (C=O) groups is 1. The maximum Gasteiger partial charge on any atom is 0.254 e. The van der Waals surface area contributed by atoms with Crippen LogP contribution in [0.5, 0.6) is 0 Å². The Kier molecular flexibility index (Phi) is 3.91. The van der Waals surface area contributed by atoms with Crippen LogP contribution in [0.1, 0.15) is 17.3 Å². The fourth-order valence-electron chi connectivity index (χ4n) is 2.38. The molecule has 5 nitrogen and oxygen atoms in total. The molecule has 0 bridgehead atoms. The fraction of sp³-hybridized carbons (Fsp3) is 0.462. The molecule has 19 heavy (non-hydrogen) atoms. The average molecular weight is 283 g/mol. The van der Waals surface area contributed by atoms with Crippen LogP contribution >= 0.6 is 0 Å². The number of hydrogen-bond donors (Lipinski definition) is 1. The molecule has 1 N–H and O–H groups in total. The van der Waals surface area contributed by atoms with Crippen molar-refractivity contribution in [3.05, 3.63) is 35.9 Å². The van der Waals surface area contributed by atoms with E-state index in [2.05, 4.69) is 0 Å². The van der Waals surface area contributed by atoms with Gasteiger partial charge in [0.05, 0.1) is 23.7 Å². The second-order valence-electron chi connectivity index (χ2n) is 4.67. The highest BCUT2D eigenvalue weighted by Gasteiger charge is 2.41. The standard InChI is InChI=1S/C13H17NO4S/c1-2-14(11-8-19(17,18)9-12(11)15)13(16)10-6-4-3-5-7-10/h3-7,11-12,15H,2,8-9H2,1H3. The summed E-state index contributed by atoms with van der Waals surface area (Å²) in [5.74, 6) is -0.680. The van der Waals surface area contributed by atoms with Gasteiger partial charge in [-0.1, -0.05) is 18.2 Å². The molecule has 104 valence electrons. The first-order valence-corrected chi connectivity index (χ1v) is 8.01. The molecular formula is C13H17NO4S. The highest BCUT2D eigenvalue weighted by Crippen LogP contribution is 2.20. The molecule has 0 radical (unpaired) electrons. The van der Waals surface area contributed by atoms with Gasteiger partial charge in [0.15, 0.2) is 9.84 Å². The molecule has 1 aliphatic rings. The van der Waals surface area contributed by atoms with Gasteiger partial charge < -0.3 is 10.0 Å².